The number of benzene rings is 1. The molecular formula is C15H24N2O. The van der Waals surface area contributed by atoms with Crippen LogP contribution in [0.15, 0.2) is 24.3 Å². The van der Waals surface area contributed by atoms with Crippen molar-refractivity contribution in [3.63, 3.8) is 0 Å². The SMILES string of the molecule is CC(C)c1ccc(NC(=O)CNC(C)(C)C)cc1. The van der Waals surface area contributed by atoms with Gasteiger partial charge in [0.2, 0.25) is 5.91 Å². The van der Waals surface area contributed by atoms with E-state index in [0.717, 1.165) is 5.69 Å². The summed E-state index contributed by atoms with van der Waals surface area (Å²) in [5, 5.41) is 6.04. The Morgan fingerprint density at radius 2 is 1.72 bits per heavy atom. The van der Waals surface area contributed by atoms with E-state index < -0.39 is 0 Å². The van der Waals surface area contributed by atoms with Crippen molar-refractivity contribution in [3.8, 4) is 0 Å². The molecule has 0 saturated carbocycles. The Kier molecular flexibility index (Phi) is 4.91. The molecule has 1 aromatic rings. The van der Waals surface area contributed by atoms with E-state index in [4.69, 9.17) is 0 Å². The average molecular weight is 248 g/mol. The third-order valence-electron chi connectivity index (χ3n) is 2.64. The minimum atomic E-state index is -0.0428. The number of hydrogen-bond acceptors (Lipinski definition) is 2. The second kappa shape index (κ2) is 6.01. The van der Waals surface area contributed by atoms with Crippen LogP contribution in [0.4, 0.5) is 5.69 Å². The lowest BCUT2D eigenvalue weighted by atomic mass is 10.0. The van der Waals surface area contributed by atoms with Crippen LogP contribution in [0.3, 0.4) is 0 Å². The summed E-state index contributed by atoms with van der Waals surface area (Å²) in [5.74, 6) is 0.500. The van der Waals surface area contributed by atoms with Crippen LogP contribution < -0.4 is 10.6 Å². The minimum absolute atomic E-state index is 0.0118. The van der Waals surface area contributed by atoms with Gasteiger partial charge in [-0.2, -0.15) is 0 Å². The van der Waals surface area contributed by atoms with Crippen molar-refractivity contribution in [2.75, 3.05) is 11.9 Å². The molecule has 0 aliphatic heterocycles. The number of anilines is 1. The Morgan fingerprint density at radius 3 is 2.17 bits per heavy atom. The number of carbonyl (C=O) groups excluding carboxylic acids is 1. The standard InChI is InChI=1S/C15H24N2O/c1-11(2)12-6-8-13(9-7-12)17-14(18)10-16-15(3,4)5/h6-9,11,16H,10H2,1-5H3,(H,17,18). The highest BCUT2D eigenvalue weighted by Gasteiger charge is 2.11. The van der Waals surface area contributed by atoms with E-state index in [2.05, 4.69) is 36.6 Å². The smallest absolute Gasteiger partial charge is 0.238 e. The number of rotatable bonds is 4. The van der Waals surface area contributed by atoms with Gasteiger partial charge in [-0.15, -0.1) is 0 Å². The predicted molar refractivity (Wildman–Crippen MR) is 76.9 cm³/mol. The van der Waals surface area contributed by atoms with Crippen LogP contribution in [0.5, 0.6) is 0 Å². The summed E-state index contributed by atoms with van der Waals surface area (Å²) in [6.07, 6.45) is 0. The van der Waals surface area contributed by atoms with Gasteiger partial charge in [-0.1, -0.05) is 26.0 Å². The molecule has 0 bridgehead atoms. The summed E-state index contributed by atoms with van der Waals surface area (Å²) in [5.41, 5.74) is 2.08. The van der Waals surface area contributed by atoms with Crippen molar-refractivity contribution in [1.29, 1.82) is 0 Å². The van der Waals surface area contributed by atoms with Gasteiger partial charge in [-0.05, 0) is 44.4 Å². The molecule has 0 saturated heterocycles. The average Bonchev–Trinajstić information content (AvgIpc) is 2.26. The van der Waals surface area contributed by atoms with Crippen molar-refractivity contribution < 1.29 is 4.79 Å². The first kappa shape index (κ1) is 14.7. The number of hydrogen-bond donors (Lipinski definition) is 2. The maximum atomic E-state index is 11.7. The van der Waals surface area contributed by atoms with Crippen molar-refractivity contribution >= 4 is 11.6 Å². The van der Waals surface area contributed by atoms with Crippen molar-refractivity contribution in [1.82, 2.24) is 5.32 Å². The van der Waals surface area contributed by atoms with E-state index in [1.165, 1.54) is 5.56 Å². The fourth-order valence-corrected chi connectivity index (χ4v) is 1.50. The Balaban J connectivity index is 2.50. The van der Waals surface area contributed by atoms with Crippen LogP contribution in [-0.4, -0.2) is 18.0 Å². The quantitative estimate of drug-likeness (QED) is 0.859. The number of carbonyl (C=O) groups is 1. The van der Waals surface area contributed by atoms with E-state index in [1.807, 2.05) is 32.9 Å². The van der Waals surface area contributed by atoms with Crippen molar-refractivity contribution in [3.05, 3.63) is 29.8 Å². The molecule has 100 valence electrons. The molecule has 1 aromatic carbocycles. The molecule has 0 aromatic heterocycles. The normalized spacial score (nSPS) is 11.7. The van der Waals surface area contributed by atoms with Gasteiger partial charge in [-0.3, -0.25) is 4.79 Å². The van der Waals surface area contributed by atoms with Gasteiger partial charge in [0.1, 0.15) is 0 Å². The van der Waals surface area contributed by atoms with E-state index in [1.54, 1.807) is 0 Å². The number of nitrogens with one attached hydrogen (secondary N) is 2. The fraction of sp³-hybridized carbons (Fsp3) is 0.533. The number of amides is 1. The maximum absolute atomic E-state index is 11.7. The van der Waals surface area contributed by atoms with Gasteiger partial charge in [-0.25, -0.2) is 0 Å². The largest absolute Gasteiger partial charge is 0.325 e. The molecule has 0 unspecified atom stereocenters. The van der Waals surface area contributed by atoms with Gasteiger partial charge in [0, 0.05) is 11.2 Å². The van der Waals surface area contributed by atoms with Crippen LogP contribution in [0, 0.1) is 0 Å². The lowest BCUT2D eigenvalue weighted by Gasteiger charge is -2.20. The molecule has 0 aliphatic rings. The van der Waals surface area contributed by atoms with Crippen LogP contribution in [0.2, 0.25) is 0 Å². The monoisotopic (exact) mass is 248 g/mol. The Labute approximate surface area is 110 Å². The van der Waals surface area contributed by atoms with Crippen molar-refractivity contribution in [2.24, 2.45) is 0 Å². The molecule has 0 heterocycles. The topological polar surface area (TPSA) is 41.1 Å². The summed E-state index contributed by atoms with van der Waals surface area (Å²) in [6.45, 7) is 10.8. The zero-order chi connectivity index (χ0) is 13.8. The predicted octanol–water partition coefficient (Wildman–Crippen LogP) is 3.14. The first-order valence-electron chi connectivity index (χ1n) is 6.43. The Hall–Kier alpha value is -1.35. The first-order chi connectivity index (χ1) is 8.28. The van der Waals surface area contributed by atoms with E-state index in [0.29, 0.717) is 12.5 Å². The summed E-state index contributed by atoms with van der Waals surface area (Å²) in [7, 11) is 0. The molecule has 0 fully saturated rings. The third kappa shape index (κ3) is 5.32. The van der Waals surface area contributed by atoms with Crippen LogP contribution in [0.25, 0.3) is 0 Å². The third-order valence-corrected chi connectivity index (χ3v) is 2.64. The lowest BCUT2D eigenvalue weighted by molar-refractivity contribution is -0.115. The molecule has 0 spiro atoms. The molecule has 0 aliphatic carbocycles. The molecule has 0 atom stereocenters. The second-order valence-corrected chi connectivity index (χ2v) is 5.93. The summed E-state index contributed by atoms with van der Waals surface area (Å²) >= 11 is 0. The Morgan fingerprint density at radius 1 is 1.17 bits per heavy atom. The molecule has 1 amide bonds. The van der Waals surface area contributed by atoms with Crippen LogP contribution in [0.1, 0.15) is 46.1 Å². The van der Waals surface area contributed by atoms with Gasteiger partial charge in [0.05, 0.1) is 6.54 Å². The summed E-state index contributed by atoms with van der Waals surface area (Å²) in [6, 6.07) is 8.00. The maximum Gasteiger partial charge on any atom is 0.238 e. The second-order valence-electron chi connectivity index (χ2n) is 5.93. The van der Waals surface area contributed by atoms with Gasteiger partial charge >= 0.3 is 0 Å². The highest BCUT2D eigenvalue weighted by molar-refractivity contribution is 5.92. The minimum Gasteiger partial charge on any atom is -0.325 e. The first-order valence-corrected chi connectivity index (χ1v) is 6.43. The van der Waals surface area contributed by atoms with Gasteiger partial charge < -0.3 is 10.6 Å². The molecular weight excluding hydrogens is 224 g/mol. The molecule has 0 radical (unpaired) electrons. The van der Waals surface area contributed by atoms with Gasteiger partial charge in [0.15, 0.2) is 0 Å². The molecule has 2 N–H and O–H groups in total. The Bertz CT molecular complexity index is 388. The highest BCUT2D eigenvalue weighted by Crippen LogP contribution is 2.16. The molecule has 3 heteroatoms. The summed E-state index contributed by atoms with van der Waals surface area (Å²) < 4.78 is 0. The van der Waals surface area contributed by atoms with Crippen LogP contribution in [-0.2, 0) is 4.79 Å². The van der Waals surface area contributed by atoms with Crippen molar-refractivity contribution in [2.45, 2.75) is 46.1 Å². The fourth-order valence-electron chi connectivity index (χ4n) is 1.50. The highest BCUT2D eigenvalue weighted by atomic mass is 16.1. The zero-order valence-corrected chi connectivity index (χ0v) is 12.0. The molecule has 18 heavy (non-hydrogen) atoms. The van der Waals surface area contributed by atoms with Gasteiger partial charge in [0.25, 0.3) is 0 Å². The van der Waals surface area contributed by atoms with E-state index in [9.17, 15) is 4.79 Å². The van der Waals surface area contributed by atoms with E-state index >= 15 is 0 Å². The summed E-state index contributed by atoms with van der Waals surface area (Å²) in [4.78, 5) is 11.7. The zero-order valence-electron chi connectivity index (χ0n) is 12.0. The van der Waals surface area contributed by atoms with Crippen LogP contribution >= 0.6 is 0 Å². The lowest BCUT2D eigenvalue weighted by Crippen LogP contribution is -2.41. The molecule has 1 rings (SSSR count). The van der Waals surface area contributed by atoms with E-state index in [-0.39, 0.29) is 11.4 Å². The molecule has 3 nitrogen and oxygen atoms in total.